The van der Waals surface area contributed by atoms with Crippen molar-refractivity contribution in [2.45, 2.75) is 330 Å². The lowest BCUT2D eigenvalue weighted by Gasteiger charge is -2.18. The minimum absolute atomic E-state index is 0.0635. The van der Waals surface area contributed by atoms with E-state index in [1.807, 2.05) is 0 Å². The summed E-state index contributed by atoms with van der Waals surface area (Å²) in [5, 5.41) is 0. The standard InChI is InChI=1S/C58H112O6/c1-6-8-9-10-11-12-13-14-15-16-17-20-23-26-29-32-38-43-48-56(59)62-51-55(52-63-57(60)49-44-39-35-34-37-42-47-54(5)7-2)64-58(61)50-45-40-33-30-27-24-21-18-19-22-25-28-31-36-41-46-53(3)4/h53-55H,6-52H2,1-5H3/t54?,55-/m1/s1. The van der Waals surface area contributed by atoms with Crippen LogP contribution in [0.25, 0.3) is 0 Å². The molecule has 0 aromatic carbocycles. The molecular weight excluding hydrogens is 793 g/mol. The van der Waals surface area contributed by atoms with Gasteiger partial charge in [0.05, 0.1) is 0 Å². The van der Waals surface area contributed by atoms with E-state index in [0.29, 0.717) is 19.3 Å². The summed E-state index contributed by atoms with van der Waals surface area (Å²) < 4.78 is 16.9. The summed E-state index contributed by atoms with van der Waals surface area (Å²) in [6.45, 7) is 11.4. The first-order valence-electron chi connectivity index (χ1n) is 28.8. The molecule has 0 saturated carbocycles. The SMILES string of the molecule is CCCCCCCCCCCCCCCCCCCCC(=O)OC[C@H](COC(=O)CCCCCCCCC(C)CC)OC(=O)CCCCCCCCCCCCCCCCCC(C)C. The molecule has 0 aliphatic heterocycles. The van der Waals surface area contributed by atoms with Crippen LogP contribution in [0.5, 0.6) is 0 Å². The first-order valence-corrected chi connectivity index (χ1v) is 28.8. The highest BCUT2D eigenvalue weighted by atomic mass is 16.6. The maximum Gasteiger partial charge on any atom is 0.306 e. The molecule has 0 N–H and O–H groups in total. The molecule has 0 radical (unpaired) electrons. The van der Waals surface area contributed by atoms with E-state index in [4.69, 9.17) is 14.2 Å². The third-order valence-electron chi connectivity index (χ3n) is 13.6. The van der Waals surface area contributed by atoms with Gasteiger partial charge in [0.25, 0.3) is 0 Å². The summed E-state index contributed by atoms with van der Waals surface area (Å²) in [6, 6.07) is 0. The van der Waals surface area contributed by atoms with Crippen molar-refractivity contribution >= 4 is 17.9 Å². The van der Waals surface area contributed by atoms with Crippen LogP contribution in [-0.4, -0.2) is 37.2 Å². The number of carbonyl (C=O) groups is 3. The van der Waals surface area contributed by atoms with Crippen molar-refractivity contribution in [1.82, 2.24) is 0 Å². The molecule has 380 valence electrons. The average Bonchev–Trinajstić information content (AvgIpc) is 3.28. The molecule has 0 saturated heterocycles. The van der Waals surface area contributed by atoms with Gasteiger partial charge in [0.1, 0.15) is 13.2 Å². The number of ether oxygens (including phenoxy) is 3. The van der Waals surface area contributed by atoms with E-state index in [1.165, 1.54) is 212 Å². The molecule has 64 heavy (non-hydrogen) atoms. The zero-order valence-corrected chi connectivity index (χ0v) is 43.9. The summed E-state index contributed by atoms with van der Waals surface area (Å²) in [7, 11) is 0. The number of hydrogen-bond donors (Lipinski definition) is 0. The molecule has 0 aliphatic rings. The molecule has 0 aromatic heterocycles. The maximum absolute atomic E-state index is 12.8. The van der Waals surface area contributed by atoms with Gasteiger partial charge >= 0.3 is 17.9 Å². The Morgan fingerprint density at radius 1 is 0.328 bits per heavy atom. The number of unbranched alkanes of at least 4 members (excludes halogenated alkanes) is 36. The molecule has 1 unspecified atom stereocenters. The Balaban J connectivity index is 4.25. The highest BCUT2D eigenvalue weighted by Gasteiger charge is 2.19. The molecule has 0 aromatic rings. The van der Waals surface area contributed by atoms with E-state index in [-0.39, 0.29) is 31.1 Å². The van der Waals surface area contributed by atoms with E-state index in [0.717, 1.165) is 69.6 Å². The third-order valence-corrected chi connectivity index (χ3v) is 13.6. The summed E-state index contributed by atoms with van der Waals surface area (Å²) in [4.78, 5) is 38.1. The summed E-state index contributed by atoms with van der Waals surface area (Å²) >= 11 is 0. The third kappa shape index (κ3) is 49.8. The van der Waals surface area contributed by atoms with Crippen LogP contribution in [0.4, 0.5) is 0 Å². The molecule has 0 amide bonds. The van der Waals surface area contributed by atoms with Gasteiger partial charge in [0.2, 0.25) is 0 Å². The number of carbonyl (C=O) groups excluding carboxylic acids is 3. The summed E-state index contributed by atoms with van der Waals surface area (Å²) in [5.74, 6) is 0.818. The predicted octanol–water partition coefficient (Wildman–Crippen LogP) is 18.9. The van der Waals surface area contributed by atoms with Gasteiger partial charge in [-0.3, -0.25) is 14.4 Å². The van der Waals surface area contributed by atoms with Crippen molar-refractivity contribution in [2.24, 2.45) is 11.8 Å². The van der Waals surface area contributed by atoms with Crippen LogP contribution in [0.15, 0.2) is 0 Å². The van der Waals surface area contributed by atoms with Crippen LogP contribution in [0.1, 0.15) is 324 Å². The molecule has 6 nitrogen and oxygen atoms in total. The molecule has 0 spiro atoms. The van der Waals surface area contributed by atoms with Gasteiger partial charge in [-0.05, 0) is 31.1 Å². The number of esters is 3. The quantitative estimate of drug-likeness (QED) is 0.0344. The molecule has 0 rings (SSSR count). The van der Waals surface area contributed by atoms with Gasteiger partial charge in [0.15, 0.2) is 6.10 Å². The monoisotopic (exact) mass is 905 g/mol. The fourth-order valence-electron chi connectivity index (χ4n) is 8.84. The van der Waals surface area contributed by atoms with Crippen molar-refractivity contribution < 1.29 is 28.6 Å². The molecule has 6 heteroatoms. The minimum atomic E-state index is -0.763. The van der Waals surface area contributed by atoms with Crippen LogP contribution in [0.3, 0.4) is 0 Å². The van der Waals surface area contributed by atoms with Crippen molar-refractivity contribution in [1.29, 1.82) is 0 Å². The van der Waals surface area contributed by atoms with Crippen molar-refractivity contribution in [3.63, 3.8) is 0 Å². The Morgan fingerprint density at radius 3 is 0.891 bits per heavy atom. The highest BCUT2D eigenvalue weighted by Crippen LogP contribution is 2.18. The first kappa shape index (κ1) is 62.4. The lowest BCUT2D eigenvalue weighted by atomic mass is 10.00. The number of hydrogen-bond acceptors (Lipinski definition) is 6. The lowest BCUT2D eigenvalue weighted by Crippen LogP contribution is -2.30. The Labute approximate surface area is 399 Å². The summed E-state index contributed by atoms with van der Waals surface area (Å²) in [6.07, 6.45) is 53.9. The minimum Gasteiger partial charge on any atom is -0.462 e. The maximum atomic E-state index is 12.8. The molecular formula is C58H112O6. The molecule has 0 bridgehead atoms. The molecule has 0 heterocycles. The second-order valence-corrected chi connectivity index (χ2v) is 20.6. The van der Waals surface area contributed by atoms with E-state index >= 15 is 0 Å². The van der Waals surface area contributed by atoms with Crippen LogP contribution >= 0.6 is 0 Å². The topological polar surface area (TPSA) is 78.9 Å². The summed E-state index contributed by atoms with van der Waals surface area (Å²) in [5.41, 5.74) is 0. The molecule has 0 fully saturated rings. The van der Waals surface area contributed by atoms with Crippen LogP contribution in [0.2, 0.25) is 0 Å². The Kier molecular flexibility index (Phi) is 49.6. The fourth-order valence-corrected chi connectivity index (χ4v) is 8.84. The van der Waals surface area contributed by atoms with E-state index in [2.05, 4.69) is 34.6 Å². The number of rotatable bonds is 52. The van der Waals surface area contributed by atoms with Gasteiger partial charge in [-0.1, -0.05) is 285 Å². The van der Waals surface area contributed by atoms with E-state index in [1.54, 1.807) is 0 Å². The van der Waals surface area contributed by atoms with Crippen LogP contribution in [0, 0.1) is 11.8 Å². The molecule has 2 atom stereocenters. The van der Waals surface area contributed by atoms with Gasteiger partial charge in [-0.25, -0.2) is 0 Å². The lowest BCUT2D eigenvalue weighted by molar-refractivity contribution is -0.167. The van der Waals surface area contributed by atoms with Crippen LogP contribution in [-0.2, 0) is 28.6 Å². The van der Waals surface area contributed by atoms with E-state index in [9.17, 15) is 14.4 Å². The Bertz CT molecular complexity index is 980. The van der Waals surface area contributed by atoms with Gasteiger partial charge in [0, 0.05) is 19.3 Å². The smallest absolute Gasteiger partial charge is 0.306 e. The second-order valence-electron chi connectivity index (χ2n) is 20.6. The highest BCUT2D eigenvalue weighted by molar-refractivity contribution is 5.71. The van der Waals surface area contributed by atoms with Gasteiger partial charge in [-0.2, -0.15) is 0 Å². The fraction of sp³-hybridized carbons (Fsp3) is 0.948. The van der Waals surface area contributed by atoms with Crippen LogP contribution < -0.4 is 0 Å². The zero-order chi connectivity index (χ0) is 46.8. The Morgan fingerprint density at radius 2 is 0.594 bits per heavy atom. The zero-order valence-electron chi connectivity index (χ0n) is 43.9. The average molecular weight is 906 g/mol. The Hall–Kier alpha value is -1.59. The van der Waals surface area contributed by atoms with Gasteiger partial charge < -0.3 is 14.2 Å². The second kappa shape index (κ2) is 50.8. The van der Waals surface area contributed by atoms with Crippen molar-refractivity contribution in [2.75, 3.05) is 13.2 Å². The van der Waals surface area contributed by atoms with Crippen molar-refractivity contribution in [3.05, 3.63) is 0 Å². The largest absolute Gasteiger partial charge is 0.462 e. The van der Waals surface area contributed by atoms with E-state index < -0.39 is 6.10 Å². The molecule has 0 aliphatic carbocycles. The predicted molar refractivity (Wildman–Crippen MR) is 275 cm³/mol. The van der Waals surface area contributed by atoms with Crippen molar-refractivity contribution in [3.8, 4) is 0 Å². The first-order chi connectivity index (χ1) is 31.3. The van der Waals surface area contributed by atoms with Gasteiger partial charge in [-0.15, -0.1) is 0 Å². The normalized spacial score (nSPS) is 12.5.